The molecular weight excluding hydrogens is 234 g/mol. The summed E-state index contributed by atoms with van der Waals surface area (Å²) in [7, 11) is 0. The number of hydrogen-bond donors (Lipinski definition) is 1. The van der Waals surface area contributed by atoms with E-state index in [1.54, 1.807) is 11.3 Å². The average Bonchev–Trinajstić information content (AvgIpc) is 2.54. The lowest BCUT2D eigenvalue weighted by Gasteiger charge is -2.21. The largest absolute Gasteiger partial charge is 0.316 e. The highest BCUT2D eigenvalue weighted by Gasteiger charge is 2.15. The van der Waals surface area contributed by atoms with Crippen LogP contribution in [0.25, 0.3) is 0 Å². The fourth-order valence-corrected chi connectivity index (χ4v) is 2.93. The summed E-state index contributed by atoms with van der Waals surface area (Å²) in [6.45, 7) is 2.35. The molecule has 0 spiro atoms. The van der Waals surface area contributed by atoms with Crippen molar-refractivity contribution < 1.29 is 0 Å². The van der Waals surface area contributed by atoms with Gasteiger partial charge in [0, 0.05) is 6.54 Å². The SMILES string of the molecule is Brc1cc(C2CCCNC2)cs1. The monoisotopic (exact) mass is 245 g/mol. The summed E-state index contributed by atoms with van der Waals surface area (Å²) in [5.41, 5.74) is 1.50. The summed E-state index contributed by atoms with van der Waals surface area (Å²) >= 11 is 5.28. The molecule has 2 heterocycles. The summed E-state index contributed by atoms with van der Waals surface area (Å²) in [5.74, 6) is 0.751. The third-order valence-electron chi connectivity index (χ3n) is 2.36. The second-order valence-electron chi connectivity index (χ2n) is 3.23. The van der Waals surface area contributed by atoms with Gasteiger partial charge in [-0.25, -0.2) is 0 Å². The normalized spacial score (nSPS) is 24.2. The van der Waals surface area contributed by atoms with Crippen LogP contribution in [0.1, 0.15) is 24.3 Å². The van der Waals surface area contributed by atoms with Crippen molar-refractivity contribution in [3.05, 3.63) is 20.8 Å². The van der Waals surface area contributed by atoms with E-state index in [4.69, 9.17) is 0 Å². The molecule has 12 heavy (non-hydrogen) atoms. The van der Waals surface area contributed by atoms with Gasteiger partial charge in [0.05, 0.1) is 3.79 Å². The van der Waals surface area contributed by atoms with E-state index in [0.717, 1.165) is 12.5 Å². The maximum Gasteiger partial charge on any atom is 0.0701 e. The molecule has 0 bridgehead atoms. The zero-order chi connectivity index (χ0) is 8.39. The highest BCUT2D eigenvalue weighted by atomic mass is 79.9. The predicted octanol–water partition coefficient (Wildman–Crippen LogP) is 2.98. The Morgan fingerprint density at radius 1 is 1.58 bits per heavy atom. The van der Waals surface area contributed by atoms with E-state index in [-0.39, 0.29) is 0 Å². The number of nitrogens with one attached hydrogen (secondary N) is 1. The summed E-state index contributed by atoms with van der Waals surface area (Å²) in [6.07, 6.45) is 2.66. The van der Waals surface area contributed by atoms with Crippen molar-refractivity contribution in [3.8, 4) is 0 Å². The van der Waals surface area contributed by atoms with E-state index < -0.39 is 0 Å². The third-order valence-corrected chi connectivity index (χ3v) is 3.88. The minimum atomic E-state index is 0.751. The standard InChI is InChI=1S/C9H12BrNS/c10-9-4-8(6-12-9)7-2-1-3-11-5-7/h4,6-7,11H,1-3,5H2. The number of rotatable bonds is 1. The fraction of sp³-hybridized carbons (Fsp3) is 0.556. The molecule has 0 saturated carbocycles. The first-order valence-corrected chi connectivity index (χ1v) is 5.98. The number of halogens is 1. The van der Waals surface area contributed by atoms with Crippen LogP contribution >= 0.6 is 27.3 Å². The second kappa shape index (κ2) is 3.90. The quantitative estimate of drug-likeness (QED) is 0.803. The average molecular weight is 246 g/mol. The van der Waals surface area contributed by atoms with E-state index in [1.165, 1.54) is 28.7 Å². The minimum absolute atomic E-state index is 0.751. The van der Waals surface area contributed by atoms with E-state index >= 15 is 0 Å². The topological polar surface area (TPSA) is 12.0 Å². The first-order valence-electron chi connectivity index (χ1n) is 4.31. The number of hydrogen-bond acceptors (Lipinski definition) is 2. The van der Waals surface area contributed by atoms with Gasteiger partial charge in [0.1, 0.15) is 0 Å². The van der Waals surface area contributed by atoms with E-state index in [0.29, 0.717) is 0 Å². The Morgan fingerprint density at radius 2 is 2.50 bits per heavy atom. The lowest BCUT2D eigenvalue weighted by atomic mass is 9.94. The maximum atomic E-state index is 3.50. The van der Waals surface area contributed by atoms with Crippen LogP contribution in [0.3, 0.4) is 0 Å². The van der Waals surface area contributed by atoms with Crippen molar-refractivity contribution in [3.63, 3.8) is 0 Å². The number of thiophene rings is 1. The molecule has 1 aromatic rings. The first kappa shape index (κ1) is 8.73. The molecule has 1 aliphatic rings. The Bertz CT molecular complexity index is 253. The van der Waals surface area contributed by atoms with Crippen LogP contribution in [0.4, 0.5) is 0 Å². The molecule has 1 N–H and O–H groups in total. The zero-order valence-electron chi connectivity index (χ0n) is 6.85. The van der Waals surface area contributed by atoms with Crippen molar-refractivity contribution in [1.82, 2.24) is 5.32 Å². The van der Waals surface area contributed by atoms with Crippen molar-refractivity contribution in [2.75, 3.05) is 13.1 Å². The second-order valence-corrected chi connectivity index (χ2v) is 5.52. The van der Waals surface area contributed by atoms with Gasteiger partial charge in [-0.15, -0.1) is 11.3 Å². The fourth-order valence-electron chi connectivity index (χ4n) is 1.67. The maximum absolute atomic E-state index is 3.50. The molecule has 1 saturated heterocycles. The molecule has 3 heteroatoms. The Balaban J connectivity index is 2.08. The minimum Gasteiger partial charge on any atom is -0.316 e. The highest BCUT2D eigenvalue weighted by Crippen LogP contribution is 2.29. The Hall–Kier alpha value is 0.140. The summed E-state index contributed by atoms with van der Waals surface area (Å²) in [4.78, 5) is 0. The van der Waals surface area contributed by atoms with Gasteiger partial charge in [0.2, 0.25) is 0 Å². The molecule has 1 unspecified atom stereocenters. The van der Waals surface area contributed by atoms with Gasteiger partial charge >= 0.3 is 0 Å². The predicted molar refractivity (Wildman–Crippen MR) is 56.9 cm³/mol. The first-order chi connectivity index (χ1) is 5.86. The van der Waals surface area contributed by atoms with Gasteiger partial charge in [-0.05, 0) is 58.2 Å². The molecule has 0 radical (unpaired) electrons. The molecule has 0 aromatic carbocycles. The lowest BCUT2D eigenvalue weighted by molar-refractivity contribution is 0.462. The van der Waals surface area contributed by atoms with E-state index in [9.17, 15) is 0 Å². The van der Waals surface area contributed by atoms with Crippen LogP contribution in [0.2, 0.25) is 0 Å². The van der Waals surface area contributed by atoms with Crippen LogP contribution in [-0.2, 0) is 0 Å². The molecule has 1 aliphatic heterocycles. The number of piperidine rings is 1. The Morgan fingerprint density at radius 3 is 3.08 bits per heavy atom. The zero-order valence-corrected chi connectivity index (χ0v) is 9.25. The van der Waals surface area contributed by atoms with Crippen LogP contribution in [0.5, 0.6) is 0 Å². The molecule has 0 amide bonds. The molecular formula is C9H12BrNS. The van der Waals surface area contributed by atoms with Gasteiger partial charge < -0.3 is 5.32 Å². The molecule has 1 nitrogen and oxygen atoms in total. The lowest BCUT2D eigenvalue weighted by Crippen LogP contribution is -2.28. The smallest absolute Gasteiger partial charge is 0.0701 e. The van der Waals surface area contributed by atoms with Crippen LogP contribution in [-0.4, -0.2) is 13.1 Å². The summed E-state index contributed by atoms with van der Waals surface area (Å²) in [6, 6.07) is 2.25. The molecule has 2 rings (SSSR count). The molecule has 0 aliphatic carbocycles. The molecule has 66 valence electrons. The van der Waals surface area contributed by atoms with Crippen molar-refractivity contribution >= 4 is 27.3 Å². The molecule has 1 aromatic heterocycles. The summed E-state index contributed by atoms with van der Waals surface area (Å²) in [5, 5.41) is 5.70. The molecule has 1 atom stereocenters. The van der Waals surface area contributed by atoms with Crippen molar-refractivity contribution in [2.24, 2.45) is 0 Å². The van der Waals surface area contributed by atoms with Crippen LogP contribution < -0.4 is 5.32 Å². The van der Waals surface area contributed by atoms with E-state index in [2.05, 4.69) is 32.7 Å². The molecule has 1 fully saturated rings. The van der Waals surface area contributed by atoms with E-state index in [1.807, 2.05) is 0 Å². The Kier molecular flexibility index (Phi) is 2.84. The van der Waals surface area contributed by atoms with Crippen molar-refractivity contribution in [1.29, 1.82) is 0 Å². The summed E-state index contributed by atoms with van der Waals surface area (Å²) < 4.78 is 1.25. The van der Waals surface area contributed by atoms with Gasteiger partial charge in [-0.2, -0.15) is 0 Å². The Labute approximate surface area is 85.3 Å². The van der Waals surface area contributed by atoms with Gasteiger partial charge in [-0.1, -0.05) is 0 Å². The van der Waals surface area contributed by atoms with Crippen LogP contribution in [0.15, 0.2) is 15.2 Å². The van der Waals surface area contributed by atoms with Gasteiger partial charge in [-0.3, -0.25) is 0 Å². The third kappa shape index (κ3) is 1.90. The van der Waals surface area contributed by atoms with Gasteiger partial charge in [0.15, 0.2) is 0 Å². The highest BCUT2D eigenvalue weighted by molar-refractivity contribution is 9.11. The van der Waals surface area contributed by atoms with Crippen molar-refractivity contribution in [2.45, 2.75) is 18.8 Å². The van der Waals surface area contributed by atoms with Gasteiger partial charge in [0.25, 0.3) is 0 Å². The van der Waals surface area contributed by atoms with Crippen LogP contribution in [0, 0.1) is 0 Å².